The number of nitrogens with one attached hydrogen (secondary N) is 1. The second-order valence-corrected chi connectivity index (χ2v) is 5.30. The van der Waals surface area contributed by atoms with Gasteiger partial charge in [0, 0.05) is 18.8 Å². The van der Waals surface area contributed by atoms with Gasteiger partial charge in [-0.2, -0.15) is 0 Å². The van der Waals surface area contributed by atoms with Crippen LogP contribution in [0.4, 0.5) is 10.1 Å². The van der Waals surface area contributed by atoms with E-state index in [0.29, 0.717) is 25.1 Å². The van der Waals surface area contributed by atoms with Crippen LogP contribution in [0, 0.1) is 11.7 Å². The predicted molar refractivity (Wildman–Crippen MR) is 81.0 cm³/mol. The molecule has 1 aromatic rings. The number of ether oxygens (including phenoxy) is 1. The van der Waals surface area contributed by atoms with Crippen molar-refractivity contribution in [3.8, 4) is 0 Å². The van der Waals surface area contributed by atoms with E-state index >= 15 is 0 Å². The molecule has 0 aromatic heterocycles. The average Bonchev–Trinajstić information content (AvgIpc) is 2.56. The van der Waals surface area contributed by atoms with Crippen molar-refractivity contribution in [3.05, 3.63) is 30.1 Å². The van der Waals surface area contributed by atoms with Gasteiger partial charge in [0.15, 0.2) is 0 Å². The van der Waals surface area contributed by atoms with Gasteiger partial charge in [0.05, 0.1) is 12.5 Å². The number of hydrogen-bond acceptors (Lipinski definition) is 4. The van der Waals surface area contributed by atoms with Crippen molar-refractivity contribution >= 4 is 23.5 Å². The molecule has 2 rings (SSSR count). The molecule has 124 valence electrons. The number of esters is 1. The van der Waals surface area contributed by atoms with Gasteiger partial charge in [-0.25, -0.2) is 4.39 Å². The molecule has 6 nitrogen and oxygen atoms in total. The van der Waals surface area contributed by atoms with E-state index in [4.69, 9.17) is 4.74 Å². The summed E-state index contributed by atoms with van der Waals surface area (Å²) in [6, 6.07) is 5.13. The molecule has 1 aliphatic heterocycles. The Morgan fingerprint density at radius 2 is 2.00 bits per heavy atom. The third-order valence-corrected chi connectivity index (χ3v) is 3.62. The first-order valence-corrected chi connectivity index (χ1v) is 7.53. The number of amides is 2. The maximum absolute atomic E-state index is 12.8. The molecule has 23 heavy (non-hydrogen) atoms. The van der Waals surface area contributed by atoms with Gasteiger partial charge >= 0.3 is 17.8 Å². The maximum atomic E-state index is 12.8. The number of halogens is 1. The Morgan fingerprint density at radius 3 is 2.65 bits per heavy atom. The Balaban J connectivity index is 1.94. The van der Waals surface area contributed by atoms with E-state index in [0.717, 1.165) is 0 Å². The highest BCUT2D eigenvalue weighted by Gasteiger charge is 2.31. The SMILES string of the molecule is CCOC(=O)C1CCCN(C(=O)C(=O)Nc2ccc(F)cc2)C1. The fourth-order valence-corrected chi connectivity index (χ4v) is 2.48. The smallest absolute Gasteiger partial charge is 0.313 e. The zero-order chi connectivity index (χ0) is 16.8. The normalized spacial score (nSPS) is 17.5. The number of carbonyl (C=O) groups excluding carboxylic acids is 3. The topological polar surface area (TPSA) is 75.7 Å². The van der Waals surface area contributed by atoms with E-state index in [1.165, 1.54) is 29.2 Å². The van der Waals surface area contributed by atoms with E-state index in [1.54, 1.807) is 6.92 Å². The summed E-state index contributed by atoms with van der Waals surface area (Å²) >= 11 is 0. The minimum atomic E-state index is -0.805. The van der Waals surface area contributed by atoms with Gasteiger partial charge in [0.1, 0.15) is 5.82 Å². The van der Waals surface area contributed by atoms with Crippen LogP contribution in [0.5, 0.6) is 0 Å². The Bertz CT molecular complexity index is 588. The lowest BCUT2D eigenvalue weighted by molar-refractivity contribution is -0.153. The fraction of sp³-hybridized carbons (Fsp3) is 0.438. The van der Waals surface area contributed by atoms with Crippen molar-refractivity contribution in [1.29, 1.82) is 0 Å². The van der Waals surface area contributed by atoms with Crippen molar-refractivity contribution in [2.24, 2.45) is 5.92 Å². The Labute approximate surface area is 133 Å². The molecule has 0 saturated carbocycles. The molecule has 1 aromatic carbocycles. The monoisotopic (exact) mass is 322 g/mol. The molecule has 1 N–H and O–H groups in total. The number of rotatable bonds is 3. The van der Waals surface area contributed by atoms with E-state index < -0.39 is 23.5 Å². The van der Waals surface area contributed by atoms with Gasteiger partial charge in [-0.05, 0) is 44.0 Å². The molecule has 1 atom stereocenters. The Kier molecular flexibility index (Phi) is 5.67. The third-order valence-electron chi connectivity index (χ3n) is 3.62. The van der Waals surface area contributed by atoms with Crippen molar-refractivity contribution in [1.82, 2.24) is 4.90 Å². The third kappa shape index (κ3) is 4.51. The van der Waals surface area contributed by atoms with E-state index in [-0.39, 0.29) is 19.1 Å². The van der Waals surface area contributed by atoms with Gasteiger partial charge in [-0.3, -0.25) is 14.4 Å². The molecule has 7 heteroatoms. The predicted octanol–water partition coefficient (Wildman–Crippen LogP) is 1.57. The van der Waals surface area contributed by atoms with Gasteiger partial charge in [0.2, 0.25) is 0 Å². The first kappa shape index (κ1) is 16.9. The van der Waals surface area contributed by atoms with Crippen LogP contribution >= 0.6 is 0 Å². The highest BCUT2D eigenvalue weighted by atomic mass is 19.1. The van der Waals surface area contributed by atoms with E-state index in [2.05, 4.69) is 5.32 Å². The molecular weight excluding hydrogens is 303 g/mol. The lowest BCUT2D eigenvalue weighted by Gasteiger charge is -2.30. The summed E-state index contributed by atoms with van der Waals surface area (Å²) in [4.78, 5) is 37.3. The number of hydrogen-bond donors (Lipinski definition) is 1. The molecule has 2 amide bonds. The summed E-state index contributed by atoms with van der Waals surface area (Å²) in [7, 11) is 0. The summed E-state index contributed by atoms with van der Waals surface area (Å²) in [5.74, 6) is -2.68. The number of likely N-dealkylation sites (tertiary alicyclic amines) is 1. The zero-order valence-corrected chi connectivity index (χ0v) is 12.9. The highest BCUT2D eigenvalue weighted by Crippen LogP contribution is 2.18. The first-order valence-electron chi connectivity index (χ1n) is 7.53. The molecule has 0 bridgehead atoms. The number of carbonyl (C=O) groups is 3. The van der Waals surface area contributed by atoms with Crippen molar-refractivity contribution in [2.75, 3.05) is 25.0 Å². The average molecular weight is 322 g/mol. The van der Waals surface area contributed by atoms with Gasteiger partial charge < -0.3 is 15.0 Å². The van der Waals surface area contributed by atoms with Crippen molar-refractivity contribution in [2.45, 2.75) is 19.8 Å². The largest absolute Gasteiger partial charge is 0.466 e. The molecular formula is C16H19FN2O4. The summed E-state index contributed by atoms with van der Waals surface area (Å²) in [6.07, 6.45) is 1.28. The molecule has 1 aliphatic rings. The van der Waals surface area contributed by atoms with Gasteiger partial charge in [-0.15, -0.1) is 0 Å². The first-order chi connectivity index (χ1) is 11.0. The second kappa shape index (κ2) is 7.71. The molecule has 1 fully saturated rings. The number of anilines is 1. The number of nitrogens with zero attached hydrogens (tertiary/aromatic N) is 1. The quantitative estimate of drug-likeness (QED) is 0.677. The minimum Gasteiger partial charge on any atom is -0.466 e. The zero-order valence-electron chi connectivity index (χ0n) is 12.9. The van der Waals surface area contributed by atoms with E-state index in [9.17, 15) is 18.8 Å². The highest BCUT2D eigenvalue weighted by molar-refractivity contribution is 6.39. The van der Waals surface area contributed by atoms with Crippen LogP contribution in [-0.4, -0.2) is 42.4 Å². The lowest BCUT2D eigenvalue weighted by Crippen LogP contribution is -2.47. The summed E-state index contributed by atoms with van der Waals surface area (Å²) in [5, 5.41) is 2.42. The molecule has 1 saturated heterocycles. The molecule has 1 unspecified atom stereocenters. The molecule has 0 spiro atoms. The van der Waals surface area contributed by atoms with E-state index in [1.807, 2.05) is 0 Å². The fourth-order valence-electron chi connectivity index (χ4n) is 2.48. The number of benzene rings is 1. The number of piperidine rings is 1. The van der Waals surface area contributed by atoms with Crippen LogP contribution in [0.15, 0.2) is 24.3 Å². The van der Waals surface area contributed by atoms with Gasteiger partial charge in [-0.1, -0.05) is 0 Å². The standard InChI is InChI=1S/C16H19FN2O4/c1-2-23-16(22)11-4-3-9-19(10-11)15(21)14(20)18-13-7-5-12(17)6-8-13/h5-8,11H,2-4,9-10H2,1H3,(H,18,20). The van der Waals surface area contributed by atoms with Crippen molar-refractivity contribution in [3.63, 3.8) is 0 Å². The summed E-state index contributed by atoms with van der Waals surface area (Å²) in [6.45, 7) is 2.61. The van der Waals surface area contributed by atoms with Crippen LogP contribution in [0.3, 0.4) is 0 Å². The maximum Gasteiger partial charge on any atom is 0.313 e. The second-order valence-electron chi connectivity index (χ2n) is 5.30. The Morgan fingerprint density at radius 1 is 1.30 bits per heavy atom. The summed E-state index contributed by atoms with van der Waals surface area (Å²) < 4.78 is 17.8. The summed E-state index contributed by atoms with van der Waals surface area (Å²) in [5.41, 5.74) is 0.337. The molecule has 0 aliphatic carbocycles. The van der Waals surface area contributed by atoms with Crippen LogP contribution in [0.25, 0.3) is 0 Å². The minimum absolute atomic E-state index is 0.175. The molecule has 1 heterocycles. The lowest BCUT2D eigenvalue weighted by atomic mass is 9.98. The van der Waals surface area contributed by atoms with Crippen LogP contribution in [-0.2, 0) is 19.1 Å². The Hall–Kier alpha value is -2.44. The van der Waals surface area contributed by atoms with Crippen LogP contribution < -0.4 is 5.32 Å². The van der Waals surface area contributed by atoms with Crippen molar-refractivity contribution < 1.29 is 23.5 Å². The van der Waals surface area contributed by atoms with Crippen LogP contribution in [0.1, 0.15) is 19.8 Å². The van der Waals surface area contributed by atoms with Gasteiger partial charge in [0.25, 0.3) is 0 Å². The van der Waals surface area contributed by atoms with Crippen LogP contribution in [0.2, 0.25) is 0 Å². The molecule has 0 radical (unpaired) electrons.